The number of hydrogen-bond acceptors (Lipinski definition) is 1. The van der Waals surface area contributed by atoms with Gasteiger partial charge in [0.1, 0.15) is 0 Å². The van der Waals surface area contributed by atoms with Gasteiger partial charge in [-0.25, -0.2) is 0 Å². The SMILES string of the molecule is CCC1=CC(C)(C(C)C)C=CC=C1NC. The molecule has 1 atom stereocenters. The van der Waals surface area contributed by atoms with E-state index in [1.165, 1.54) is 11.3 Å². The van der Waals surface area contributed by atoms with Crippen molar-refractivity contribution in [1.29, 1.82) is 0 Å². The van der Waals surface area contributed by atoms with Gasteiger partial charge in [0.25, 0.3) is 0 Å². The first-order valence-corrected chi connectivity index (χ1v) is 5.83. The highest BCUT2D eigenvalue weighted by molar-refractivity contribution is 5.38. The molecule has 0 spiro atoms. The van der Waals surface area contributed by atoms with E-state index in [1.807, 2.05) is 7.05 Å². The summed E-state index contributed by atoms with van der Waals surface area (Å²) in [4.78, 5) is 0. The predicted molar refractivity (Wildman–Crippen MR) is 67.6 cm³/mol. The third-order valence-corrected chi connectivity index (χ3v) is 3.44. The molecule has 0 heterocycles. The first-order valence-electron chi connectivity index (χ1n) is 5.83. The molecular formula is C14H23N. The molecule has 0 aromatic carbocycles. The quantitative estimate of drug-likeness (QED) is 0.741. The van der Waals surface area contributed by atoms with E-state index in [0.29, 0.717) is 5.92 Å². The summed E-state index contributed by atoms with van der Waals surface area (Å²) in [6.07, 6.45) is 10.1. The van der Waals surface area contributed by atoms with Crippen LogP contribution in [0.15, 0.2) is 35.6 Å². The van der Waals surface area contributed by atoms with Crippen LogP contribution in [0.2, 0.25) is 0 Å². The molecular weight excluding hydrogens is 182 g/mol. The van der Waals surface area contributed by atoms with Crippen molar-refractivity contribution in [2.24, 2.45) is 11.3 Å². The molecule has 1 nitrogen and oxygen atoms in total. The second-order valence-electron chi connectivity index (χ2n) is 4.73. The van der Waals surface area contributed by atoms with Crippen molar-refractivity contribution in [2.45, 2.75) is 34.1 Å². The number of hydrogen-bond donors (Lipinski definition) is 1. The Labute approximate surface area is 94.0 Å². The fourth-order valence-corrected chi connectivity index (χ4v) is 1.86. The van der Waals surface area contributed by atoms with Gasteiger partial charge in [-0.1, -0.05) is 45.9 Å². The molecule has 1 aliphatic carbocycles. The zero-order chi connectivity index (χ0) is 11.5. The van der Waals surface area contributed by atoms with Gasteiger partial charge in [0.2, 0.25) is 0 Å². The van der Waals surface area contributed by atoms with Crippen LogP contribution in [-0.2, 0) is 0 Å². The topological polar surface area (TPSA) is 12.0 Å². The van der Waals surface area contributed by atoms with Gasteiger partial charge in [-0.05, 0) is 24.0 Å². The lowest BCUT2D eigenvalue weighted by molar-refractivity contribution is 0.381. The van der Waals surface area contributed by atoms with Crippen molar-refractivity contribution < 1.29 is 0 Å². The minimum Gasteiger partial charge on any atom is -0.388 e. The van der Waals surface area contributed by atoms with Gasteiger partial charge in [0.15, 0.2) is 0 Å². The molecule has 1 unspecified atom stereocenters. The Morgan fingerprint density at radius 2 is 2.07 bits per heavy atom. The summed E-state index contributed by atoms with van der Waals surface area (Å²) in [5, 5.41) is 3.26. The number of rotatable bonds is 3. The van der Waals surface area contributed by atoms with Crippen LogP contribution in [0.5, 0.6) is 0 Å². The fourth-order valence-electron chi connectivity index (χ4n) is 1.86. The molecule has 1 N–H and O–H groups in total. The van der Waals surface area contributed by atoms with Crippen molar-refractivity contribution in [2.75, 3.05) is 7.05 Å². The summed E-state index contributed by atoms with van der Waals surface area (Å²) < 4.78 is 0. The second-order valence-corrected chi connectivity index (χ2v) is 4.73. The van der Waals surface area contributed by atoms with E-state index in [-0.39, 0.29) is 5.41 Å². The van der Waals surface area contributed by atoms with Crippen LogP contribution in [-0.4, -0.2) is 7.05 Å². The lowest BCUT2D eigenvalue weighted by Gasteiger charge is -2.27. The number of allylic oxidation sites excluding steroid dienone is 5. The predicted octanol–water partition coefficient (Wildman–Crippen LogP) is 3.66. The first-order chi connectivity index (χ1) is 7.03. The Balaban J connectivity index is 3.11. The van der Waals surface area contributed by atoms with Gasteiger partial charge in [-0.15, -0.1) is 0 Å². The molecule has 1 rings (SSSR count). The Bertz CT molecular complexity index is 307. The Morgan fingerprint density at radius 1 is 1.40 bits per heavy atom. The highest BCUT2D eigenvalue weighted by Gasteiger charge is 2.24. The van der Waals surface area contributed by atoms with Crippen molar-refractivity contribution in [1.82, 2.24) is 5.32 Å². The standard InChI is InChI=1S/C14H23N/c1-6-12-10-14(4,11(2)3)9-7-8-13(12)15-5/h7-11,15H,6H2,1-5H3. The van der Waals surface area contributed by atoms with Gasteiger partial charge >= 0.3 is 0 Å². The Kier molecular flexibility index (Phi) is 3.78. The van der Waals surface area contributed by atoms with E-state index in [9.17, 15) is 0 Å². The second kappa shape index (κ2) is 4.69. The highest BCUT2D eigenvalue weighted by atomic mass is 14.8. The Morgan fingerprint density at radius 3 is 2.53 bits per heavy atom. The molecule has 1 aliphatic rings. The van der Waals surface area contributed by atoms with Crippen LogP contribution >= 0.6 is 0 Å². The van der Waals surface area contributed by atoms with Crippen LogP contribution in [0.25, 0.3) is 0 Å². The molecule has 0 fully saturated rings. The van der Waals surface area contributed by atoms with Crippen molar-refractivity contribution in [3.8, 4) is 0 Å². The van der Waals surface area contributed by atoms with Crippen LogP contribution in [0, 0.1) is 11.3 Å². The zero-order valence-corrected chi connectivity index (χ0v) is 10.6. The van der Waals surface area contributed by atoms with E-state index in [4.69, 9.17) is 0 Å². The maximum atomic E-state index is 3.26. The minimum atomic E-state index is 0.181. The summed E-state index contributed by atoms with van der Waals surface area (Å²) >= 11 is 0. The lowest BCUT2D eigenvalue weighted by Crippen LogP contribution is -2.19. The summed E-state index contributed by atoms with van der Waals surface area (Å²) in [5.41, 5.74) is 2.84. The van der Waals surface area contributed by atoms with Gasteiger partial charge < -0.3 is 5.32 Å². The molecule has 15 heavy (non-hydrogen) atoms. The third-order valence-electron chi connectivity index (χ3n) is 3.44. The summed E-state index contributed by atoms with van der Waals surface area (Å²) in [6, 6.07) is 0. The molecule has 0 aromatic rings. The normalized spacial score (nSPS) is 26.0. The van der Waals surface area contributed by atoms with Crippen molar-refractivity contribution in [3.05, 3.63) is 35.6 Å². The maximum absolute atomic E-state index is 3.26. The number of likely N-dealkylation sites (N-methyl/N-ethyl adjacent to an activating group) is 1. The summed E-state index contributed by atoms with van der Waals surface area (Å²) in [5.74, 6) is 0.625. The average molecular weight is 205 g/mol. The number of nitrogens with one attached hydrogen (secondary N) is 1. The van der Waals surface area contributed by atoms with E-state index in [2.05, 4.69) is 57.3 Å². The molecule has 0 saturated heterocycles. The molecule has 84 valence electrons. The minimum absolute atomic E-state index is 0.181. The molecule has 0 radical (unpaired) electrons. The van der Waals surface area contributed by atoms with Gasteiger partial charge in [0.05, 0.1) is 0 Å². The van der Waals surface area contributed by atoms with E-state index < -0.39 is 0 Å². The van der Waals surface area contributed by atoms with Crippen molar-refractivity contribution in [3.63, 3.8) is 0 Å². The van der Waals surface area contributed by atoms with Gasteiger partial charge in [0, 0.05) is 18.2 Å². The molecule has 0 aliphatic heterocycles. The molecule has 0 bridgehead atoms. The van der Waals surface area contributed by atoms with Gasteiger partial charge in [-0.2, -0.15) is 0 Å². The molecule has 1 heteroatoms. The van der Waals surface area contributed by atoms with Gasteiger partial charge in [-0.3, -0.25) is 0 Å². The smallest absolute Gasteiger partial charge is 0.0367 e. The van der Waals surface area contributed by atoms with E-state index >= 15 is 0 Å². The fraction of sp³-hybridized carbons (Fsp3) is 0.571. The zero-order valence-electron chi connectivity index (χ0n) is 10.6. The highest BCUT2D eigenvalue weighted by Crippen LogP contribution is 2.35. The average Bonchev–Trinajstić information content (AvgIpc) is 2.37. The van der Waals surface area contributed by atoms with Crippen LogP contribution in [0.3, 0.4) is 0 Å². The Hall–Kier alpha value is -0.980. The summed E-state index contributed by atoms with van der Waals surface area (Å²) in [6.45, 7) is 9.07. The lowest BCUT2D eigenvalue weighted by atomic mass is 9.77. The van der Waals surface area contributed by atoms with Crippen LogP contribution in [0.4, 0.5) is 0 Å². The maximum Gasteiger partial charge on any atom is 0.0367 e. The molecule has 0 aromatic heterocycles. The van der Waals surface area contributed by atoms with Crippen LogP contribution in [0.1, 0.15) is 34.1 Å². The molecule has 0 amide bonds. The van der Waals surface area contributed by atoms with E-state index in [0.717, 1.165) is 6.42 Å². The third kappa shape index (κ3) is 2.53. The first kappa shape index (κ1) is 12.1. The summed E-state index contributed by atoms with van der Waals surface area (Å²) in [7, 11) is 1.99. The largest absolute Gasteiger partial charge is 0.388 e. The van der Waals surface area contributed by atoms with Crippen molar-refractivity contribution >= 4 is 0 Å². The van der Waals surface area contributed by atoms with E-state index in [1.54, 1.807) is 0 Å². The monoisotopic (exact) mass is 205 g/mol. The molecule has 0 saturated carbocycles. The van der Waals surface area contributed by atoms with Crippen LogP contribution < -0.4 is 5.32 Å².